The highest BCUT2D eigenvalue weighted by molar-refractivity contribution is 7.80. The molecule has 0 saturated heterocycles. The van der Waals surface area contributed by atoms with E-state index >= 15 is 0 Å². The topological polar surface area (TPSA) is 27.7 Å². The van der Waals surface area contributed by atoms with Crippen LogP contribution in [-0.4, -0.2) is 21.8 Å². The molecule has 30 heavy (non-hydrogen) atoms. The van der Waals surface area contributed by atoms with Crippen LogP contribution in [0.2, 0.25) is 0 Å². The van der Waals surface area contributed by atoms with Crippen LogP contribution in [0.15, 0.2) is 83.8 Å². The van der Waals surface area contributed by atoms with Crippen LogP contribution in [0.1, 0.15) is 32.1 Å². The van der Waals surface area contributed by atoms with Crippen molar-refractivity contribution in [3.8, 4) is 11.5 Å². The summed E-state index contributed by atoms with van der Waals surface area (Å²) < 4.78 is 19.1. The molecule has 1 saturated carbocycles. The van der Waals surface area contributed by atoms with Crippen molar-refractivity contribution in [3.05, 3.63) is 78.9 Å². The van der Waals surface area contributed by atoms with Gasteiger partial charge < -0.3 is 13.6 Å². The minimum absolute atomic E-state index is 0.251. The second-order valence-electron chi connectivity index (χ2n) is 7.68. The van der Waals surface area contributed by atoms with Gasteiger partial charge in [0.1, 0.15) is 11.5 Å². The average molecular weight is 437 g/mol. The first-order valence-corrected chi connectivity index (χ1v) is 12.8. The standard InChI is InChI=1S/C25H28O3SSi/c1-26-30(24-10-6-3-7-11-24,28-22-8-4-2-5-9-22)25-18-14-21(15-19-25)27-20-12-16-23(29)17-13-20/h3,6-7,10-19,22,29H,2,4-5,8-9H2,1H3. The second kappa shape index (κ2) is 9.84. The molecular weight excluding hydrogens is 408 g/mol. The molecule has 1 atom stereocenters. The number of rotatable bonds is 7. The Kier molecular flexibility index (Phi) is 6.95. The van der Waals surface area contributed by atoms with E-state index in [4.69, 9.17) is 13.6 Å². The van der Waals surface area contributed by atoms with Gasteiger partial charge in [-0.1, -0.05) is 61.7 Å². The summed E-state index contributed by atoms with van der Waals surface area (Å²) in [7, 11) is -1.01. The van der Waals surface area contributed by atoms with E-state index in [0.29, 0.717) is 0 Å². The highest BCUT2D eigenvalue weighted by Gasteiger charge is 2.44. The Bertz CT molecular complexity index is 925. The molecule has 0 heterocycles. The zero-order valence-electron chi connectivity index (χ0n) is 17.3. The normalized spacial score (nSPS) is 16.7. The van der Waals surface area contributed by atoms with Crippen molar-refractivity contribution in [2.24, 2.45) is 0 Å². The fourth-order valence-corrected chi connectivity index (χ4v) is 7.32. The van der Waals surface area contributed by atoms with Crippen LogP contribution >= 0.6 is 12.6 Å². The minimum Gasteiger partial charge on any atom is -0.457 e. The summed E-state index contributed by atoms with van der Waals surface area (Å²) >= 11 is 4.32. The van der Waals surface area contributed by atoms with Gasteiger partial charge in [-0.2, -0.15) is 0 Å². The Morgan fingerprint density at radius 2 is 1.30 bits per heavy atom. The lowest BCUT2D eigenvalue weighted by Crippen LogP contribution is -2.64. The van der Waals surface area contributed by atoms with Crippen LogP contribution in [0.25, 0.3) is 0 Å². The zero-order valence-corrected chi connectivity index (χ0v) is 19.2. The number of benzene rings is 3. The molecule has 4 rings (SSSR count). The third-order valence-electron chi connectivity index (χ3n) is 5.63. The van der Waals surface area contributed by atoms with E-state index in [9.17, 15) is 0 Å². The van der Waals surface area contributed by atoms with E-state index in [1.807, 2.05) is 42.5 Å². The molecule has 0 bridgehead atoms. The Labute approximate surface area is 185 Å². The SMILES string of the molecule is CO[Si](OC1CCCCC1)(c1ccccc1)c1ccc(Oc2ccc(S)cc2)cc1. The lowest BCUT2D eigenvalue weighted by atomic mass is 9.98. The molecule has 1 aliphatic carbocycles. The highest BCUT2D eigenvalue weighted by Crippen LogP contribution is 2.26. The predicted octanol–water partition coefficient (Wildman–Crippen LogP) is 5.32. The molecule has 3 aromatic rings. The monoisotopic (exact) mass is 436 g/mol. The maximum Gasteiger partial charge on any atom is 0.407 e. The summed E-state index contributed by atoms with van der Waals surface area (Å²) in [5.41, 5.74) is 0. The van der Waals surface area contributed by atoms with Crippen LogP contribution in [-0.2, 0) is 8.85 Å². The van der Waals surface area contributed by atoms with Gasteiger partial charge in [0.05, 0.1) is 0 Å². The van der Waals surface area contributed by atoms with Crippen molar-refractivity contribution in [1.29, 1.82) is 0 Å². The van der Waals surface area contributed by atoms with Gasteiger partial charge in [0.25, 0.3) is 0 Å². The van der Waals surface area contributed by atoms with Crippen molar-refractivity contribution in [2.45, 2.75) is 43.1 Å². The number of thiol groups is 1. The van der Waals surface area contributed by atoms with Crippen molar-refractivity contribution in [1.82, 2.24) is 0 Å². The lowest BCUT2D eigenvalue weighted by molar-refractivity contribution is 0.113. The summed E-state index contributed by atoms with van der Waals surface area (Å²) in [5.74, 6) is 1.58. The summed E-state index contributed by atoms with van der Waals surface area (Å²) in [6.45, 7) is 0. The summed E-state index contributed by atoms with van der Waals surface area (Å²) in [6, 6.07) is 26.3. The Morgan fingerprint density at radius 1 is 0.733 bits per heavy atom. The van der Waals surface area contributed by atoms with Crippen molar-refractivity contribution in [2.75, 3.05) is 7.11 Å². The van der Waals surface area contributed by atoms with Crippen LogP contribution in [0.3, 0.4) is 0 Å². The van der Waals surface area contributed by atoms with Gasteiger partial charge in [-0.3, -0.25) is 0 Å². The number of ether oxygens (including phenoxy) is 1. The average Bonchev–Trinajstić information content (AvgIpc) is 2.81. The van der Waals surface area contributed by atoms with Crippen LogP contribution in [0, 0.1) is 0 Å². The number of hydrogen-bond donors (Lipinski definition) is 1. The van der Waals surface area contributed by atoms with E-state index in [0.717, 1.165) is 39.6 Å². The molecule has 3 aromatic carbocycles. The second-order valence-corrected chi connectivity index (χ2v) is 11.2. The lowest BCUT2D eigenvalue weighted by Gasteiger charge is -2.35. The van der Waals surface area contributed by atoms with E-state index in [1.165, 1.54) is 19.3 Å². The maximum atomic E-state index is 6.84. The Morgan fingerprint density at radius 3 is 1.90 bits per heavy atom. The predicted molar refractivity (Wildman–Crippen MR) is 127 cm³/mol. The third kappa shape index (κ3) is 4.81. The van der Waals surface area contributed by atoms with Crippen LogP contribution in [0.4, 0.5) is 0 Å². The maximum absolute atomic E-state index is 6.84. The Hall–Kier alpha value is -2.05. The Balaban J connectivity index is 1.63. The van der Waals surface area contributed by atoms with E-state index in [1.54, 1.807) is 7.11 Å². The molecule has 0 aliphatic heterocycles. The fraction of sp³-hybridized carbons (Fsp3) is 0.280. The van der Waals surface area contributed by atoms with E-state index in [2.05, 4.69) is 49.0 Å². The summed E-state index contributed by atoms with van der Waals surface area (Å²) in [5, 5.41) is 2.23. The van der Waals surface area contributed by atoms with Crippen molar-refractivity contribution >= 4 is 31.6 Å². The van der Waals surface area contributed by atoms with E-state index in [-0.39, 0.29) is 6.10 Å². The summed E-state index contributed by atoms with van der Waals surface area (Å²) in [6.07, 6.45) is 6.21. The molecule has 1 aliphatic rings. The van der Waals surface area contributed by atoms with Gasteiger partial charge in [-0.15, -0.1) is 12.6 Å². The molecule has 0 amide bonds. The molecule has 0 spiro atoms. The van der Waals surface area contributed by atoms with Gasteiger partial charge in [0, 0.05) is 18.1 Å². The zero-order chi connectivity index (χ0) is 20.8. The molecule has 1 unspecified atom stereocenters. The van der Waals surface area contributed by atoms with Gasteiger partial charge in [-0.25, -0.2) is 0 Å². The molecular formula is C25H28O3SSi. The largest absolute Gasteiger partial charge is 0.457 e. The molecule has 0 radical (unpaired) electrons. The highest BCUT2D eigenvalue weighted by atomic mass is 32.1. The number of hydrogen-bond acceptors (Lipinski definition) is 4. The molecule has 0 N–H and O–H groups in total. The molecule has 0 aromatic heterocycles. The first-order valence-electron chi connectivity index (χ1n) is 10.6. The first kappa shape index (κ1) is 21.2. The van der Waals surface area contributed by atoms with Gasteiger partial charge >= 0.3 is 8.56 Å². The van der Waals surface area contributed by atoms with E-state index < -0.39 is 8.56 Å². The quantitative estimate of drug-likeness (QED) is 0.401. The van der Waals surface area contributed by atoms with Crippen molar-refractivity contribution < 1.29 is 13.6 Å². The minimum atomic E-state index is -2.80. The molecule has 5 heteroatoms. The van der Waals surface area contributed by atoms with Crippen LogP contribution in [0.5, 0.6) is 11.5 Å². The van der Waals surface area contributed by atoms with Gasteiger partial charge in [0.2, 0.25) is 0 Å². The third-order valence-corrected chi connectivity index (χ3v) is 9.36. The smallest absolute Gasteiger partial charge is 0.407 e. The van der Waals surface area contributed by atoms with Crippen molar-refractivity contribution in [3.63, 3.8) is 0 Å². The first-order chi connectivity index (χ1) is 14.7. The molecule has 156 valence electrons. The van der Waals surface area contributed by atoms with Gasteiger partial charge in [0.15, 0.2) is 0 Å². The van der Waals surface area contributed by atoms with Gasteiger partial charge in [-0.05, 0) is 59.6 Å². The molecule has 1 fully saturated rings. The molecule has 3 nitrogen and oxygen atoms in total. The summed E-state index contributed by atoms with van der Waals surface area (Å²) in [4.78, 5) is 0.913. The fourth-order valence-electron chi connectivity index (χ4n) is 4.05. The van der Waals surface area contributed by atoms with Crippen LogP contribution < -0.4 is 15.1 Å².